The van der Waals surface area contributed by atoms with Gasteiger partial charge in [-0.1, -0.05) is 29.8 Å². The molecule has 0 aliphatic carbocycles. The van der Waals surface area contributed by atoms with E-state index in [-0.39, 0.29) is 6.04 Å². The molecule has 0 bridgehead atoms. The first kappa shape index (κ1) is 19.0. The Morgan fingerprint density at radius 2 is 1.74 bits per heavy atom. The van der Waals surface area contributed by atoms with Crippen molar-refractivity contribution in [2.45, 2.75) is 13.0 Å². The SMILES string of the molecule is Cc1ccc(C(CNC(=O)C(=O)Nc2ccncc2)N2CCOCC2)cc1. The topological polar surface area (TPSA) is 83.6 Å². The number of anilines is 1. The van der Waals surface area contributed by atoms with Crippen LogP contribution in [0.4, 0.5) is 5.69 Å². The molecule has 1 saturated heterocycles. The highest BCUT2D eigenvalue weighted by Crippen LogP contribution is 2.21. The van der Waals surface area contributed by atoms with Crippen LogP contribution in [0.15, 0.2) is 48.8 Å². The number of nitrogens with zero attached hydrogens (tertiary/aromatic N) is 2. The number of carbonyl (C=O) groups excluding carboxylic acids is 2. The molecule has 1 aliphatic rings. The summed E-state index contributed by atoms with van der Waals surface area (Å²) < 4.78 is 5.44. The fraction of sp³-hybridized carbons (Fsp3) is 0.350. The van der Waals surface area contributed by atoms with E-state index in [1.165, 1.54) is 5.56 Å². The molecule has 1 atom stereocenters. The number of aromatic nitrogens is 1. The van der Waals surface area contributed by atoms with Gasteiger partial charge in [-0.15, -0.1) is 0 Å². The normalized spacial score (nSPS) is 15.7. The summed E-state index contributed by atoms with van der Waals surface area (Å²) in [6.45, 7) is 5.30. The summed E-state index contributed by atoms with van der Waals surface area (Å²) in [5, 5.41) is 5.33. The number of morpholine rings is 1. The zero-order chi connectivity index (χ0) is 19.1. The molecule has 2 aromatic rings. The number of ether oxygens (including phenoxy) is 1. The van der Waals surface area contributed by atoms with E-state index in [1.54, 1.807) is 24.5 Å². The third kappa shape index (κ3) is 5.35. The number of benzene rings is 1. The quantitative estimate of drug-likeness (QED) is 0.782. The van der Waals surface area contributed by atoms with Gasteiger partial charge in [0.05, 0.1) is 19.3 Å². The van der Waals surface area contributed by atoms with Gasteiger partial charge in [0.2, 0.25) is 0 Å². The van der Waals surface area contributed by atoms with Gasteiger partial charge in [-0.2, -0.15) is 0 Å². The minimum Gasteiger partial charge on any atom is -0.379 e. The first-order chi connectivity index (χ1) is 13.1. The molecule has 2 N–H and O–H groups in total. The highest BCUT2D eigenvalue weighted by atomic mass is 16.5. The summed E-state index contributed by atoms with van der Waals surface area (Å²) in [5.41, 5.74) is 2.82. The van der Waals surface area contributed by atoms with Gasteiger partial charge in [-0.25, -0.2) is 0 Å². The van der Waals surface area contributed by atoms with Gasteiger partial charge in [-0.05, 0) is 24.6 Å². The van der Waals surface area contributed by atoms with Crippen molar-refractivity contribution in [1.82, 2.24) is 15.2 Å². The van der Waals surface area contributed by atoms with Crippen LogP contribution in [0.5, 0.6) is 0 Å². The molecule has 7 heteroatoms. The number of hydrogen-bond donors (Lipinski definition) is 2. The van der Waals surface area contributed by atoms with Gasteiger partial charge in [0.1, 0.15) is 0 Å². The molecule has 1 aromatic carbocycles. The second-order valence-corrected chi connectivity index (χ2v) is 6.47. The molecule has 1 fully saturated rings. The van der Waals surface area contributed by atoms with E-state index >= 15 is 0 Å². The van der Waals surface area contributed by atoms with Crippen LogP contribution >= 0.6 is 0 Å². The smallest absolute Gasteiger partial charge is 0.313 e. The molecule has 1 aliphatic heterocycles. The summed E-state index contributed by atoms with van der Waals surface area (Å²) in [6.07, 6.45) is 3.11. The van der Waals surface area contributed by atoms with Crippen molar-refractivity contribution in [3.63, 3.8) is 0 Å². The van der Waals surface area contributed by atoms with Crippen LogP contribution in [-0.2, 0) is 14.3 Å². The minimum absolute atomic E-state index is 0.00725. The van der Waals surface area contributed by atoms with Crippen LogP contribution in [-0.4, -0.2) is 54.5 Å². The van der Waals surface area contributed by atoms with Gasteiger partial charge in [-0.3, -0.25) is 19.5 Å². The van der Waals surface area contributed by atoms with Crippen molar-refractivity contribution in [2.75, 3.05) is 38.2 Å². The Hall–Kier alpha value is -2.77. The van der Waals surface area contributed by atoms with Crippen LogP contribution in [0.1, 0.15) is 17.2 Å². The van der Waals surface area contributed by atoms with E-state index in [0.717, 1.165) is 18.7 Å². The monoisotopic (exact) mass is 368 g/mol. The lowest BCUT2D eigenvalue weighted by molar-refractivity contribution is -0.136. The number of pyridine rings is 1. The van der Waals surface area contributed by atoms with Crippen molar-refractivity contribution >= 4 is 17.5 Å². The molecule has 0 radical (unpaired) electrons. The van der Waals surface area contributed by atoms with Crippen LogP contribution in [0.2, 0.25) is 0 Å². The molecular weight excluding hydrogens is 344 g/mol. The predicted octanol–water partition coefficient (Wildman–Crippen LogP) is 1.52. The molecule has 3 rings (SSSR count). The fourth-order valence-electron chi connectivity index (χ4n) is 3.03. The summed E-state index contributed by atoms with van der Waals surface area (Å²) >= 11 is 0. The second-order valence-electron chi connectivity index (χ2n) is 6.47. The Morgan fingerprint density at radius 3 is 2.41 bits per heavy atom. The van der Waals surface area contributed by atoms with Crippen LogP contribution in [0.3, 0.4) is 0 Å². The first-order valence-electron chi connectivity index (χ1n) is 9.01. The van der Waals surface area contributed by atoms with E-state index in [4.69, 9.17) is 4.74 Å². The lowest BCUT2D eigenvalue weighted by atomic mass is 10.0. The van der Waals surface area contributed by atoms with Gasteiger partial charge >= 0.3 is 11.8 Å². The van der Waals surface area contributed by atoms with Crippen molar-refractivity contribution < 1.29 is 14.3 Å². The number of rotatable bonds is 5. The number of aryl methyl sites for hydroxylation is 1. The van der Waals surface area contributed by atoms with E-state index in [2.05, 4.69) is 44.8 Å². The second kappa shape index (κ2) is 9.25. The third-order valence-corrected chi connectivity index (χ3v) is 4.55. The van der Waals surface area contributed by atoms with E-state index < -0.39 is 11.8 Å². The Bertz CT molecular complexity index is 759. The molecule has 27 heavy (non-hydrogen) atoms. The van der Waals surface area contributed by atoms with Crippen molar-refractivity contribution in [1.29, 1.82) is 0 Å². The lowest BCUT2D eigenvalue weighted by Gasteiger charge is -2.35. The molecule has 142 valence electrons. The maximum absolute atomic E-state index is 12.2. The average molecular weight is 368 g/mol. The Labute approximate surface area is 158 Å². The standard InChI is InChI=1S/C20H24N4O3/c1-15-2-4-16(5-3-15)18(24-10-12-27-13-11-24)14-22-19(25)20(26)23-17-6-8-21-9-7-17/h2-9,18H,10-14H2,1H3,(H,22,25)(H,21,23,26). The average Bonchev–Trinajstić information content (AvgIpc) is 2.71. The predicted molar refractivity (Wildman–Crippen MR) is 102 cm³/mol. The largest absolute Gasteiger partial charge is 0.379 e. The maximum atomic E-state index is 12.2. The number of nitrogens with one attached hydrogen (secondary N) is 2. The third-order valence-electron chi connectivity index (χ3n) is 4.55. The van der Waals surface area contributed by atoms with Crippen molar-refractivity contribution in [3.8, 4) is 0 Å². The lowest BCUT2D eigenvalue weighted by Crippen LogP contribution is -2.45. The number of amides is 2. The molecule has 1 unspecified atom stereocenters. The summed E-state index contributed by atoms with van der Waals surface area (Å²) in [4.78, 5) is 30.5. The Morgan fingerprint density at radius 1 is 1.07 bits per heavy atom. The van der Waals surface area contributed by atoms with Gasteiger partial charge in [0.15, 0.2) is 0 Å². The summed E-state index contributed by atoms with van der Waals surface area (Å²) in [6, 6.07) is 11.5. The molecule has 1 aromatic heterocycles. The van der Waals surface area contributed by atoms with E-state index in [9.17, 15) is 9.59 Å². The molecule has 0 saturated carbocycles. The molecular formula is C20H24N4O3. The summed E-state index contributed by atoms with van der Waals surface area (Å²) in [5.74, 6) is -1.34. The first-order valence-corrected chi connectivity index (χ1v) is 9.01. The van der Waals surface area contributed by atoms with E-state index in [0.29, 0.717) is 25.4 Å². The Balaban J connectivity index is 1.63. The molecule has 0 spiro atoms. The van der Waals surface area contributed by atoms with Crippen molar-refractivity contribution in [2.24, 2.45) is 0 Å². The minimum atomic E-state index is -0.689. The molecule has 2 heterocycles. The number of carbonyl (C=O) groups is 2. The van der Waals surface area contributed by atoms with Gasteiger partial charge < -0.3 is 15.4 Å². The highest BCUT2D eigenvalue weighted by molar-refractivity contribution is 6.39. The zero-order valence-corrected chi connectivity index (χ0v) is 15.4. The zero-order valence-electron chi connectivity index (χ0n) is 15.4. The van der Waals surface area contributed by atoms with Crippen LogP contribution in [0, 0.1) is 6.92 Å². The van der Waals surface area contributed by atoms with Gasteiger partial charge in [0.25, 0.3) is 0 Å². The maximum Gasteiger partial charge on any atom is 0.313 e. The molecule has 7 nitrogen and oxygen atoms in total. The van der Waals surface area contributed by atoms with E-state index in [1.807, 2.05) is 6.92 Å². The van der Waals surface area contributed by atoms with Crippen LogP contribution in [0.25, 0.3) is 0 Å². The molecule has 2 amide bonds. The number of hydrogen-bond acceptors (Lipinski definition) is 5. The van der Waals surface area contributed by atoms with Crippen molar-refractivity contribution in [3.05, 3.63) is 59.9 Å². The highest BCUT2D eigenvalue weighted by Gasteiger charge is 2.24. The fourth-order valence-corrected chi connectivity index (χ4v) is 3.03. The van der Waals surface area contributed by atoms with Gasteiger partial charge in [0, 0.05) is 37.7 Å². The van der Waals surface area contributed by atoms with Crippen LogP contribution < -0.4 is 10.6 Å². The summed E-state index contributed by atoms with van der Waals surface area (Å²) in [7, 11) is 0. The Kier molecular flexibility index (Phi) is 6.51.